The lowest BCUT2D eigenvalue weighted by atomic mass is 10.3. The summed E-state index contributed by atoms with van der Waals surface area (Å²) in [6.45, 7) is 0. The van der Waals surface area contributed by atoms with E-state index in [-0.39, 0.29) is 0 Å². The molecule has 0 saturated carbocycles. The van der Waals surface area contributed by atoms with Crippen LogP contribution >= 0.6 is 16.6 Å². The molecule has 15 heavy (non-hydrogen) atoms. The Hall–Kier alpha value is -0.240. The highest BCUT2D eigenvalue weighted by Gasteiger charge is 2.33. The average molecular weight is 244 g/mol. The molecule has 1 heterocycles. The summed E-state index contributed by atoms with van der Waals surface area (Å²) in [5.41, 5.74) is 1.13. The third kappa shape index (κ3) is 2.47. The first kappa shape index (κ1) is 11.3. The maximum Gasteiger partial charge on any atom is 0.156 e. The Labute approximate surface area is 92.3 Å². The van der Waals surface area contributed by atoms with Crippen molar-refractivity contribution in [2.75, 3.05) is 24.9 Å². The maximum atomic E-state index is 5.47. The monoisotopic (exact) mass is 244 g/mol. The van der Waals surface area contributed by atoms with E-state index >= 15 is 0 Å². The molecule has 0 bridgehead atoms. The van der Waals surface area contributed by atoms with E-state index in [1.165, 1.54) is 0 Å². The predicted octanol–water partition coefficient (Wildman–Crippen LogP) is 2.89. The summed E-state index contributed by atoms with van der Waals surface area (Å²) in [6.07, 6.45) is 0. The Kier molecular flexibility index (Phi) is 3.90. The molecule has 1 saturated heterocycles. The summed E-state index contributed by atoms with van der Waals surface area (Å²) in [7, 11) is 2.31. The number of nitrogens with zero attached hydrogens (tertiary/aromatic N) is 1. The van der Waals surface area contributed by atoms with Gasteiger partial charge in [-0.3, -0.25) is 4.78 Å². The molecular weight excluding hydrogens is 230 g/mol. The highest BCUT2D eigenvalue weighted by Crippen LogP contribution is 2.59. The smallest absolute Gasteiger partial charge is 0.156 e. The van der Waals surface area contributed by atoms with Crippen molar-refractivity contribution in [3.63, 3.8) is 0 Å². The van der Waals surface area contributed by atoms with Crippen LogP contribution in [0, 0.1) is 0 Å². The van der Waals surface area contributed by atoms with Gasteiger partial charge in [0.2, 0.25) is 0 Å². The lowest BCUT2D eigenvalue weighted by Gasteiger charge is -2.23. The minimum Gasteiger partial charge on any atom is -0.345 e. The minimum atomic E-state index is -0.602. The van der Waals surface area contributed by atoms with E-state index in [1.54, 1.807) is 14.2 Å². The highest BCUT2D eigenvalue weighted by atomic mass is 31.2. The summed E-state index contributed by atoms with van der Waals surface area (Å²) >= 11 is 0. The summed E-state index contributed by atoms with van der Waals surface area (Å²) in [6, 6.07) is 10.2. The minimum absolute atomic E-state index is 0.571. The summed E-state index contributed by atoms with van der Waals surface area (Å²) < 4.78 is 12.9. The fraction of sp³-hybridized carbons (Fsp3) is 0.333. The molecule has 0 aliphatic carbocycles. The first-order valence-corrected chi connectivity index (χ1v) is 7.44. The maximum absolute atomic E-state index is 5.47. The number of anilines is 1. The Morgan fingerprint density at radius 2 is 1.93 bits per heavy atom. The average Bonchev–Trinajstić information content (AvgIpc) is 2.73. The van der Waals surface area contributed by atoms with Crippen LogP contribution in [0.5, 0.6) is 0 Å². The molecule has 0 radical (unpaired) electrons. The standard InChI is InChI=1S/C9H14N2O2P2/c1-12-14-8-15(13-2)11(10-14)9-6-4-3-5-7-9/h3-7,10H,8H2,1-2H3. The lowest BCUT2D eigenvalue weighted by molar-refractivity contribution is 0.458. The quantitative estimate of drug-likeness (QED) is 0.829. The van der Waals surface area contributed by atoms with Gasteiger partial charge in [0, 0.05) is 14.2 Å². The molecule has 1 aliphatic rings. The molecule has 2 atom stereocenters. The van der Waals surface area contributed by atoms with Crippen LogP contribution < -0.4 is 9.98 Å². The Morgan fingerprint density at radius 3 is 2.53 bits per heavy atom. The van der Waals surface area contributed by atoms with Crippen LogP contribution in [0.1, 0.15) is 0 Å². The van der Waals surface area contributed by atoms with Crippen molar-refractivity contribution in [2.24, 2.45) is 0 Å². The van der Waals surface area contributed by atoms with Crippen molar-refractivity contribution in [1.29, 1.82) is 0 Å². The van der Waals surface area contributed by atoms with Gasteiger partial charge in [0.05, 0.1) is 11.6 Å². The van der Waals surface area contributed by atoms with Crippen LogP contribution in [0.2, 0.25) is 0 Å². The van der Waals surface area contributed by atoms with Gasteiger partial charge in [0.15, 0.2) is 8.30 Å². The molecular formula is C9H14N2O2P2. The van der Waals surface area contributed by atoms with E-state index in [4.69, 9.17) is 9.05 Å². The lowest BCUT2D eigenvalue weighted by Crippen LogP contribution is -2.23. The van der Waals surface area contributed by atoms with Crippen molar-refractivity contribution in [1.82, 2.24) is 5.20 Å². The van der Waals surface area contributed by atoms with Crippen LogP contribution in [0.3, 0.4) is 0 Å². The number of para-hydroxylation sites is 1. The molecule has 0 aromatic heterocycles. The summed E-state index contributed by atoms with van der Waals surface area (Å²) in [5.74, 6) is 0.951. The third-order valence-electron chi connectivity index (χ3n) is 2.11. The first-order chi connectivity index (χ1) is 7.35. The highest BCUT2D eigenvalue weighted by molar-refractivity contribution is 7.73. The zero-order valence-corrected chi connectivity index (χ0v) is 10.5. The molecule has 0 spiro atoms. The van der Waals surface area contributed by atoms with Gasteiger partial charge in [0.1, 0.15) is 8.30 Å². The molecule has 1 fully saturated rings. The Balaban J connectivity index is 2.14. The van der Waals surface area contributed by atoms with Crippen molar-refractivity contribution in [2.45, 2.75) is 0 Å². The van der Waals surface area contributed by atoms with Crippen LogP contribution in [0.15, 0.2) is 30.3 Å². The fourth-order valence-electron chi connectivity index (χ4n) is 1.35. The number of nitrogens with one attached hydrogen (secondary N) is 1. The molecule has 1 aliphatic heterocycles. The van der Waals surface area contributed by atoms with Gasteiger partial charge in [-0.1, -0.05) is 18.2 Å². The molecule has 1 N–H and O–H groups in total. The van der Waals surface area contributed by atoms with Gasteiger partial charge < -0.3 is 9.05 Å². The van der Waals surface area contributed by atoms with Crippen LogP contribution in [0.4, 0.5) is 5.69 Å². The van der Waals surface area contributed by atoms with Crippen molar-refractivity contribution in [3.05, 3.63) is 30.3 Å². The van der Waals surface area contributed by atoms with Gasteiger partial charge in [-0.2, -0.15) is 5.20 Å². The second-order valence-corrected chi connectivity index (χ2v) is 6.91. The van der Waals surface area contributed by atoms with Crippen LogP contribution in [-0.4, -0.2) is 20.1 Å². The zero-order valence-electron chi connectivity index (χ0n) is 8.75. The van der Waals surface area contributed by atoms with Crippen LogP contribution in [-0.2, 0) is 9.05 Å². The molecule has 4 nitrogen and oxygen atoms in total. The molecule has 2 unspecified atom stereocenters. The largest absolute Gasteiger partial charge is 0.345 e. The van der Waals surface area contributed by atoms with E-state index in [2.05, 4.69) is 22.1 Å². The van der Waals surface area contributed by atoms with Crippen LogP contribution in [0.25, 0.3) is 0 Å². The normalized spacial score (nSPS) is 25.9. The van der Waals surface area contributed by atoms with Crippen molar-refractivity contribution >= 4 is 22.3 Å². The number of hydrogen-bond acceptors (Lipinski definition) is 4. The number of benzene rings is 1. The van der Waals surface area contributed by atoms with E-state index < -0.39 is 16.6 Å². The fourth-order valence-corrected chi connectivity index (χ4v) is 5.58. The van der Waals surface area contributed by atoms with Crippen molar-refractivity contribution < 1.29 is 9.05 Å². The number of hydrazine groups is 1. The zero-order chi connectivity index (χ0) is 10.7. The van der Waals surface area contributed by atoms with Gasteiger partial charge in [0.25, 0.3) is 0 Å². The molecule has 0 amide bonds. The van der Waals surface area contributed by atoms with Gasteiger partial charge in [-0.15, -0.1) is 0 Å². The number of hydrogen-bond donors (Lipinski definition) is 1. The molecule has 6 heteroatoms. The van der Waals surface area contributed by atoms with E-state index in [0.717, 1.165) is 11.6 Å². The second-order valence-electron chi connectivity index (χ2n) is 2.98. The summed E-state index contributed by atoms with van der Waals surface area (Å²) in [5, 5.41) is 3.34. The topological polar surface area (TPSA) is 33.7 Å². The molecule has 1 aromatic rings. The molecule has 1 aromatic carbocycles. The van der Waals surface area contributed by atoms with Gasteiger partial charge in [-0.25, -0.2) is 0 Å². The van der Waals surface area contributed by atoms with Gasteiger partial charge >= 0.3 is 0 Å². The number of rotatable bonds is 3. The second kappa shape index (κ2) is 5.20. The first-order valence-electron chi connectivity index (χ1n) is 4.60. The Morgan fingerprint density at radius 1 is 1.20 bits per heavy atom. The third-order valence-corrected chi connectivity index (χ3v) is 6.33. The van der Waals surface area contributed by atoms with E-state index in [1.807, 2.05) is 18.2 Å². The SMILES string of the molecule is COP1CP(OC)N(c2ccccc2)N1. The van der Waals surface area contributed by atoms with E-state index in [9.17, 15) is 0 Å². The van der Waals surface area contributed by atoms with Crippen molar-refractivity contribution in [3.8, 4) is 0 Å². The van der Waals surface area contributed by atoms with Gasteiger partial charge in [-0.05, 0) is 12.1 Å². The van der Waals surface area contributed by atoms with E-state index in [0.29, 0.717) is 0 Å². The molecule has 82 valence electrons. The molecule has 2 rings (SSSR count). The summed E-state index contributed by atoms with van der Waals surface area (Å²) in [4.78, 5) is 0. The Bertz CT molecular complexity index is 312. The predicted molar refractivity (Wildman–Crippen MR) is 64.8 cm³/mol.